The average Bonchev–Trinajstić information content (AvgIpc) is 2.57. The van der Waals surface area contributed by atoms with Gasteiger partial charge < -0.3 is 21.1 Å². The number of nitrogens with one attached hydrogen (secondary N) is 3. The van der Waals surface area contributed by atoms with Gasteiger partial charge in [0.25, 0.3) is 0 Å². The zero-order valence-corrected chi connectivity index (χ0v) is 19.3. The molecule has 1 aromatic carbocycles. The third-order valence-electron chi connectivity index (χ3n) is 3.85. The highest BCUT2D eigenvalue weighted by Gasteiger charge is 2.23. The summed E-state index contributed by atoms with van der Waals surface area (Å²) in [7, 11) is -2.51. The average molecular weight is 485 g/mol. The number of amides is 2. The van der Waals surface area contributed by atoms with E-state index in [0.717, 1.165) is 0 Å². The number of urea groups is 1. The summed E-state index contributed by atoms with van der Waals surface area (Å²) in [6.45, 7) is 5.29. The van der Waals surface area contributed by atoms with Crippen molar-refractivity contribution in [3.05, 3.63) is 34.9 Å². The lowest BCUT2D eigenvalue weighted by Gasteiger charge is -2.27. The van der Waals surface area contributed by atoms with Crippen LogP contribution < -0.4 is 16.0 Å². The number of rotatable bonds is 6. The first kappa shape index (κ1) is 23.0. The normalized spacial score (nSPS) is 12.8. The van der Waals surface area contributed by atoms with E-state index in [9.17, 15) is 14.1 Å². The fourth-order valence-electron chi connectivity index (χ4n) is 2.02. The van der Waals surface area contributed by atoms with E-state index >= 15 is 0 Å². The number of carbonyl (C=O) groups is 1. The molecule has 0 fully saturated rings. The van der Waals surface area contributed by atoms with Crippen LogP contribution in [0.4, 0.5) is 27.9 Å². The quantitative estimate of drug-likeness (QED) is 0.490. The van der Waals surface area contributed by atoms with Gasteiger partial charge in [-0.2, -0.15) is 4.98 Å². The molecule has 9 nitrogen and oxygen atoms in total. The number of anilines is 4. The summed E-state index contributed by atoms with van der Waals surface area (Å²) in [6, 6.07) is 5.93. The molecule has 158 valence electrons. The highest BCUT2D eigenvalue weighted by atomic mass is 79.9. The van der Waals surface area contributed by atoms with E-state index in [1.165, 1.54) is 12.5 Å². The summed E-state index contributed by atoms with van der Waals surface area (Å²) >= 11 is 3.40. The molecule has 0 saturated carbocycles. The molecule has 0 spiro atoms. The second-order valence-corrected chi connectivity index (χ2v) is 10.7. The number of aromatic nitrogens is 2. The van der Waals surface area contributed by atoms with Gasteiger partial charge in [-0.3, -0.25) is 0 Å². The molecule has 0 radical (unpaired) electrons. The molecule has 1 atom stereocenters. The summed E-state index contributed by atoms with van der Waals surface area (Å²) < 4.78 is 15.8. The van der Waals surface area contributed by atoms with Crippen molar-refractivity contribution in [1.82, 2.24) is 9.97 Å². The summed E-state index contributed by atoms with van der Waals surface area (Å²) in [5.41, 5.74) is 0.303. The van der Waals surface area contributed by atoms with E-state index in [1.54, 1.807) is 44.3 Å². The van der Waals surface area contributed by atoms with Gasteiger partial charge >= 0.3 is 6.03 Å². The third-order valence-corrected chi connectivity index (χ3v) is 5.04. The molecular formula is C18H25BrN6O3S. The first-order valence-corrected chi connectivity index (χ1v) is 11.8. The molecule has 29 heavy (non-hydrogen) atoms. The van der Waals surface area contributed by atoms with Gasteiger partial charge in [0.2, 0.25) is 5.95 Å². The Kier molecular flexibility index (Phi) is 7.20. The molecule has 0 aliphatic heterocycles. The molecule has 4 N–H and O–H groups in total. The van der Waals surface area contributed by atoms with Gasteiger partial charge in [0.15, 0.2) is 0 Å². The second kappa shape index (κ2) is 9.06. The Morgan fingerprint density at radius 1 is 1.24 bits per heavy atom. The number of benzene rings is 1. The Bertz CT molecular complexity index is 990. The maximum absolute atomic E-state index is 11.7. The van der Waals surface area contributed by atoms with Crippen molar-refractivity contribution in [2.24, 2.45) is 4.36 Å². The van der Waals surface area contributed by atoms with E-state index in [4.69, 9.17) is 0 Å². The van der Waals surface area contributed by atoms with E-state index in [0.29, 0.717) is 27.6 Å². The van der Waals surface area contributed by atoms with Crippen LogP contribution in [0, 0.1) is 0 Å². The number of halogens is 1. The van der Waals surface area contributed by atoms with Crippen molar-refractivity contribution in [2.75, 3.05) is 28.5 Å². The molecule has 0 aliphatic rings. The van der Waals surface area contributed by atoms with Crippen LogP contribution in [-0.2, 0) is 9.73 Å². The van der Waals surface area contributed by atoms with E-state index in [2.05, 4.69) is 46.2 Å². The predicted molar refractivity (Wildman–Crippen MR) is 120 cm³/mol. The van der Waals surface area contributed by atoms with Crippen molar-refractivity contribution in [1.29, 1.82) is 0 Å². The van der Waals surface area contributed by atoms with Gasteiger partial charge in [-0.1, -0.05) is 0 Å². The fraction of sp³-hybridized carbons (Fsp3) is 0.389. The van der Waals surface area contributed by atoms with Crippen molar-refractivity contribution in [3.8, 4) is 0 Å². The molecule has 11 heteroatoms. The highest BCUT2D eigenvalue weighted by Crippen LogP contribution is 2.25. The lowest BCUT2D eigenvalue weighted by atomic mass is 10.0. The smallest absolute Gasteiger partial charge is 0.353 e. The van der Waals surface area contributed by atoms with Gasteiger partial charge in [-0.05, 0) is 61.0 Å². The van der Waals surface area contributed by atoms with Crippen LogP contribution in [0.5, 0.6) is 0 Å². The lowest BCUT2D eigenvalue weighted by molar-refractivity contribution is 0.0647. The molecular weight excluding hydrogens is 460 g/mol. The van der Waals surface area contributed by atoms with Gasteiger partial charge in [0.05, 0.1) is 25.8 Å². The van der Waals surface area contributed by atoms with Crippen LogP contribution in [0.25, 0.3) is 0 Å². The molecule has 0 bridgehead atoms. The zero-order chi connectivity index (χ0) is 21.8. The molecule has 1 aromatic heterocycles. The number of hydrogen-bond donors (Lipinski definition) is 4. The van der Waals surface area contributed by atoms with E-state index in [-0.39, 0.29) is 6.04 Å². The first-order chi connectivity index (χ1) is 13.3. The van der Waals surface area contributed by atoms with E-state index in [1.807, 2.05) is 6.92 Å². The molecule has 2 rings (SSSR count). The lowest BCUT2D eigenvalue weighted by Crippen LogP contribution is -2.39. The van der Waals surface area contributed by atoms with Crippen LogP contribution in [0.2, 0.25) is 0 Å². The predicted octanol–water partition coefficient (Wildman–Crippen LogP) is 3.81. The van der Waals surface area contributed by atoms with Gasteiger partial charge in [-0.15, -0.1) is 4.36 Å². The molecule has 0 aliphatic carbocycles. The summed E-state index contributed by atoms with van der Waals surface area (Å²) in [5, 5.41) is 18.9. The maximum Gasteiger partial charge on any atom is 0.353 e. The number of hydrogen-bond acceptors (Lipinski definition) is 7. The van der Waals surface area contributed by atoms with Crippen molar-refractivity contribution >= 4 is 54.8 Å². The third kappa shape index (κ3) is 7.59. The SMILES string of the molecule is C[C@@H](Nc1nc(Nc2ccc(NC(=O)N=S(C)(C)=O)cc2)ncc1Br)C(C)(C)O. The highest BCUT2D eigenvalue weighted by molar-refractivity contribution is 9.10. The van der Waals surface area contributed by atoms with Crippen molar-refractivity contribution < 1.29 is 14.1 Å². The minimum atomic E-state index is -2.51. The molecule has 2 amide bonds. The van der Waals surface area contributed by atoms with Gasteiger partial charge in [0.1, 0.15) is 5.82 Å². The van der Waals surface area contributed by atoms with Crippen molar-refractivity contribution in [2.45, 2.75) is 32.4 Å². The first-order valence-electron chi connectivity index (χ1n) is 8.70. The van der Waals surface area contributed by atoms with Crippen LogP contribution in [0.3, 0.4) is 0 Å². The molecule has 2 aromatic rings. The largest absolute Gasteiger partial charge is 0.388 e. The van der Waals surface area contributed by atoms with Crippen LogP contribution >= 0.6 is 15.9 Å². The van der Waals surface area contributed by atoms with Gasteiger partial charge in [0, 0.05) is 30.1 Å². The summed E-state index contributed by atoms with van der Waals surface area (Å²) in [4.78, 5) is 20.4. The maximum atomic E-state index is 11.7. The monoisotopic (exact) mass is 484 g/mol. The minimum absolute atomic E-state index is 0.240. The molecule has 1 heterocycles. The van der Waals surface area contributed by atoms with Gasteiger partial charge in [-0.25, -0.2) is 14.0 Å². The Labute approximate surface area is 179 Å². The zero-order valence-electron chi connectivity index (χ0n) is 16.9. The molecule has 0 saturated heterocycles. The standard InChI is InChI=1S/C18H25BrN6O3S/c1-11(18(2,3)27)21-15-14(19)10-20-16(24-15)22-12-6-8-13(9-7-12)23-17(26)25-29(4,5)28/h6-11,27H,1-5H3,(H,23,26)(H2,20,21,22,24)/t11-/m1/s1. The topological polar surface area (TPSA) is 129 Å². The summed E-state index contributed by atoms with van der Waals surface area (Å²) in [5.74, 6) is 0.910. The number of nitrogens with zero attached hydrogens (tertiary/aromatic N) is 3. The molecule has 0 unspecified atom stereocenters. The van der Waals surface area contributed by atoms with Crippen LogP contribution in [0.15, 0.2) is 39.3 Å². The second-order valence-electron chi connectivity index (χ2n) is 7.31. The van der Waals surface area contributed by atoms with E-state index < -0.39 is 21.4 Å². The summed E-state index contributed by atoms with van der Waals surface area (Å²) in [6.07, 6.45) is 4.39. The van der Waals surface area contributed by atoms with Crippen LogP contribution in [-0.4, -0.2) is 49.5 Å². The Hall–Kier alpha value is -2.24. The minimum Gasteiger partial charge on any atom is -0.388 e. The Morgan fingerprint density at radius 3 is 2.38 bits per heavy atom. The van der Waals surface area contributed by atoms with Crippen molar-refractivity contribution in [3.63, 3.8) is 0 Å². The van der Waals surface area contributed by atoms with Crippen LogP contribution in [0.1, 0.15) is 20.8 Å². The fourth-order valence-corrected chi connectivity index (χ4v) is 2.77. The number of carbonyl (C=O) groups excluding carboxylic acids is 1. The number of aliphatic hydroxyl groups is 1. The Balaban J connectivity index is 2.09. The Morgan fingerprint density at radius 2 is 1.83 bits per heavy atom.